The summed E-state index contributed by atoms with van der Waals surface area (Å²) in [7, 11) is 1.91. The van der Waals surface area contributed by atoms with E-state index in [4.69, 9.17) is 5.11 Å². The molecule has 2 aromatic rings. The molecule has 6 heteroatoms. The van der Waals surface area contributed by atoms with E-state index in [2.05, 4.69) is 24.3 Å². The molecule has 5 nitrogen and oxygen atoms in total. The Balaban J connectivity index is 2.10. The van der Waals surface area contributed by atoms with Gasteiger partial charge < -0.3 is 10.4 Å². The number of carboxylic acids is 1. The van der Waals surface area contributed by atoms with E-state index < -0.39 is 5.97 Å². The second kappa shape index (κ2) is 6.87. The van der Waals surface area contributed by atoms with Gasteiger partial charge in [0.1, 0.15) is 0 Å². The molecule has 0 amide bonds. The van der Waals surface area contributed by atoms with Crippen LogP contribution in [0.3, 0.4) is 0 Å². The van der Waals surface area contributed by atoms with Gasteiger partial charge in [0, 0.05) is 30.2 Å². The fourth-order valence-electron chi connectivity index (χ4n) is 2.35. The Bertz CT molecular complexity index is 590. The molecule has 2 aromatic heterocycles. The van der Waals surface area contributed by atoms with E-state index in [0.717, 1.165) is 16.1 Å². The minimum Gasteiger partial charge on any atom is -0.481 e. The number of aliphatic carboxylic acids is 1. The lowest BCUT2D eigenvalue weighted by Gasteiger charge is -2.16. The van der Waals surface area contributed by atoms with Gasteiger partial charge in [-0.05, 0) is 17.4 Å². The molecule has 1 atom stereocenters. The molecule has 0 aliphatic carbocycles. The first-order chi connectivity index (χ1) is 9.97. The molecule has 2 heterocycles. The Hall–Kier alpha value is -1.66. The maximum Gasteiger partial charge on any atom is 0.305 e. The Kier molecular flexibility index (Phi) is 5.14. The molecule has 0 aromatic carbocycles. The highest BCUT2D eigenvalue weighted by Gasteiger charge is 2.18. The zero-order chi connectivity index (χ0) is 15.4. The SMILES string of the molecule is CC(C)c1nn(C)cc1CNC(CC(=O)O)c1cccs1. The van der Waals surface area contributed by atoms with Crippen molar-refractivity contribution in [2.24, 2.45) is 7.05 Å². The van der Waals surface area contributed by atoms with E-state index in [1.54, 1.807) is 11.3 Å². The fourth-order valence-corrected chi connectivity index (χ4v) is 3.15. The van der Waals surface area contributed by atoms with Crippen LogP contribution in [-0.4, -0.2) is 20.9 Å². The van der Waals surface area contributed by atoms with Crippen molar-refractivity contribution in [2.45, 2.75) is 38.8 Å². The Morgan fingerprint density at radius 2 is 2.29 bits per heavy atom. The molecule has 0 saturated carbocycles. The number of carbonyl (C=O) groups is 1. The van der Waals surface area contributed by atoms with E-state index in [1.807, 2.05) is 35.4 Å². The number of nitrogens with one attached hydrogen (secondary N) is 1. The van der Waals surface area contributed by atoms with E-state index in [9.17, 15) is 4.79 Å². The third-order valence-electron chi connectivity index (χ3n) is 3.29. The number of hydrogen-bond acceptors (Lipinski definition) is 4. The van der Waals surface area contributed by atoms with Crippen LogP contribution in [0, 0.1) is 0 Å². The summed E-state index contributed by atoms with van der Waals surface area (Å²) in [6.07, 6.45) is 2.08. The minimum absolute atomic E-state index is 0.0811. The number of aromatic nitrogens is 2. The van der Waals surface area contributed by atoms with Crippen molar-refractivity contribution in [2.75, 3.05) is 0 Å². The second-order valence-corrected chi connectivity index (χ2v) is 6.39. The molecule has 0 spiro atoms. The summed E-state index contributed by atoms with van der Waals surface area (Å²) in [6.45, 7) is 4.84. The van der Waals surface area contributed by atoms with Gasteiger partial charge in [-0.25, -0.2) is 0 Å². The standard InChI is InChI=1S/C15H21N3O2S/c1-10(2)15-11(9-18(3)17-15)8-16-12(7-14(19)20)13-5-4-6-21-13/h4-6,9-10,12,16H,7-8H2,1-3H3,(H,19,20). The van der Waals surface area contributed by atoms with Gasteiger partial charge in [0.05, 0.1) is 18.2 Å². The lowest BCUT2D eigenvalue weighted by Crippen LogP contribution is -2.23. The number of hydrogen-bond donors (Lipinski definition) is 2. The topological polar surface area (TPSA) is 67.2 Å². The molecule has 2 N–H and O–H groups in total. The molecular formula is C15H21N3O2S. The van der Waals surface area contributed by atoms with E-state index in [1.165, 1.54) is 0 Å². The highest BCUT2D eigenvalue weighted by molar-refractivity contribution is 7.10. The Labute approximate surface area is 128 Å². The van der Waals surface area contributed by atoms with Crippen LogP contribution in [0.5, 0.6) is 0 Å². The third kappa shape index (κ3) is 4.15. The summed E-state index contributed by atoms with van der Waals surface area (Å²) in [5, 5.41) is 18.9. The van der Waals surface area contributed by atoms with Gasteiger partial charge in [-0.3, -0.25) is 9.48 Å². The quantitative estimate of drug-likeness (QED) is 0.825. The number of rotatable bonds is 7. The molecule has 0 aliphatic rings. The molecule has 114 valence electrons. The predicted molar refractivity (Wildman–Crippen MR) is 83.4 cm³/mol. The molecule has 0 fully saturated rings. The summed E-state index contributed by atoms with van der Waals surface area (Å²) in [6, 6.07) is 3.75. The fraction of sp³-hybridized carbons (Fsp3) is 0.467. The number of thiophene rings is 1. The van der Waals surface area contributed by atoms with E-state index in [-0.39, 0.29) is 12.5 Å². The average Bonchev–Trinajstić information content (AvgIpc) is 3.03. The van der Waals surface area contributed by atoms with Crippen molar-refractivity contribution in [1.82, 2.24) is 15.1 Å². The van der Waals surface area contributed by atoms with Crippen molar-refractivity contribution >= 4 is 17.3 Å². The zero-order valence-electron chi connectivity index (χ0n) is 12.5. The van der Waals surface area contributed by atoms with E-state index >= 15 is 0 Å². The van der Waals surface area contributed by atoms with Gasteiger partial charge in [0.2, 0.25) is 0 Å². The molecule has 0 radical (unpaired) electrons. The molecule has 21 heavy (non-hydrogen) atoms. The molecular weight excluding hydrogens is 286 g/mol. The highest BCUT2D eigenvalue weighted by atomic mass is 32.1. The van der Waals surface area contributed by atoms with Crippen molar-refractivity contribution in [3.8, 4) is 0 Å². The highest BCUT2D eigenvalue weighted by Crippen LogP contribution is 2.24. The lowest BCUT2D eigenvalue weighted by molar-refractivity contribution is -0.137. The number of aryl methyl sites for hydroxylation is 1. The van der Waals surface area contributed by atoms with Crippen LogP contribution >= 0.6 is 11.3 Å². The molecule has 0 saturated heterocycles. The summed E-state index contributed by atoms with van der Waals surface area (Å²) < 4.78 is 1.81. The van der Waals surface area contributed by atoms with Crippen LogP contribution < -0.4 is 5.32 Å². The van der Waals surface area contributed by atoms with Gasteiger partial charge in [-0.1, -0.05) is 19.9 Å². The van der Waals surface area contributed by atoms with Crippen molar-refractivity contribution < 1.29 is 9.90 Å². The first-order valence-electron chi connectivity index (χ1n) is 6.98. The largest absolute Gasteiger partial charge is 0.481 e. The van der Waals surface area contributed by atoms with Crippen LogP contribution in [0.4, 0.5) is 0 Å². The summed E-state index contributed by atoms with van der Waals surface area (Å²) in [5.41, 5.74) is 2.18. The average molecular weight is 307 g/mol. The summed E-state index contributed by atoms with van der Waals surface area (Å²) in [5.74, 6) is -0.446. The number of carboxylic acid groups (broad SMARTS) is 1. The van der Waals surface area contributed by atoms with Gasteiger partial charge in [-0.2, -0.15) is 5.10 Å². The molecule has 2 rings (SSSR count). The maximum atomic E-state index is 11.0. The maximum absolute atomic E-state index is 11.0. The third-order valence-corrected chi connectivity index (χ3v) is 4.27. The van der Waals surface area contributed by atoms with Gasteiger partial charge >= 0.3 is 5.97 Å². The molecule has 1 unspecified atom stereocenters. The van der Waals surface area contributed by atoms with E-state index in [0.29, 0.717) is 12.5 Å². The Morgan fingerprint density at radius 1 is 1.52 bits per heavy atom. The predicted octanol–water partition coefficient (Wildman–Crippen LogP) is 2.91. The molecule has 0 aliphatic heterocycles. The van der Waals surface area contributed by atoms with Gasteiger partial charge in [-0.15, -0.1) is 11.3 Å². The van der Waals surface area contributed by atoms with Crippen LogP contribution in [0.2, 0.25) is 0 Å². The first kappa shape index (κ1) is 15.7. The monoisotopic (exact) mass is 307 g/mol. The number of nitrogens with zero attached hydrogens (tertiary/aromatic N) is 2. The van der Waals surface area contributed by atoms with Crippen molar-refractivity contribution in [3.63, 3.8) is 0 Å². The smallest absolute Gasteiger partial charge is 0.305 e. The van der Waals surface area contributed by atoms with Crippen LogP contribution in [-0.2, 0) is 18.4 Å². The Morgan fingerprint density at radius 3 is 2.86 bits per heavy atom. The van der Waals surface area contributed by atoms with Crippen molar-refractivity contribution in [3.05, 3.63) is 39.8 Å². The first-order valence-corrected chi connectivity index (χ1v) is 7.86. The summed E-state index contributed by atoms with van der Waals surface area (Å²) >= 11 is 1.58. The second-order valence-electron chi connectivity index (χ2n) is 5.41. The van der Waals surface area contributed by atoms with Gasteiger partial charge in [0.15, 0.2) is 0 Å². The lowest BCUT2D eigenvalue weighted by atomic mass is 10.1. The minimum atomic E-state index is -0.795. The summed E-state index contributed by atoms with van der Waals surface area (Å²) in [4.78, 5) is 12.1. The van der Waals surface area contributed by atoms with Gasteiger partial charge in [0.25, 0.3) is 0 Å². The van der Waals surface area contributed by atoms with Crippen LogP contribution in [0.1, 0.15) is 48.4 Å². The van der Waals surface area contributed by atoms with Crippen LogP contribution in [0.15, 0.2) is 23.7 Å². The van der Waals surface area contributed by atoms with Crippen molar-refractivity contribution in [1.29, 1.82) is 0 Å². The van der Waals surface area contributed by atoms with Crippen LogP contribution in [0.25, 0.3) is 0 Å². The zero-order valence-corrected chi connectivity index (χ0v) is 13.4. The normalized spacial score (nSPS) is 12.8. The molecule has 0 bridgehead atoms.